The molecule has 0 saturated carbocycles. The largest absolute Gasteiger partial charge is 0.398 e. The lowest BCUT2D eigenvalue weighted by molar-refractivity contribution is 0.100. The van der Waals surface area contributed by atoms with Gasteiger partial charge in [0, 0.05) is 11.8 Å². The van der Waals surface area contributed by atoms with Gasteiger partial charge in [0.05, 0.1) is 16.9 Å². The third-order valence-electron chi connectivity index (χ3n) is 3.72. The molecule has 2 rings (SSSR count). The maximum absolute atomic E-state index is 11.1. The van der Waals surface area contributed by atoms with Crippen molar-refractivity contribution in [2.75, 3.05) is 5.73 Å². The summed E-state index contributed by atoms with van der Waals surface area (Å²) < 4.78 is 0. The molecule has 0 spiro atoms. The quantitative estimate of drug-likeness (QED) is 0.418. The van der Waals surface area contributed by atoms with E-state index in [0.29, 0.717) is 16.8 Å². The Morgan fingerprint density at radius 3 is 2.16 bits per heavy atom. The van der Waals surface area contributed by atoms with Crippen molar-refractivity contribution >= 4 is 23.5 Å². The van der Waals surface area contributed by atoms with Crippen molar-refractivity contribution in [3.63, 3.8) is 0 Å². The zero-order valence-electron chi connectivity index (χ0n) is 15.2. The van der Waals surface area contributed by atoms with Crippen LogP contribution in [-0.4, -0.2) is 12.1 Å². The Morgan fingerprint density at radius 1 is 0.960 bits per heavy atom. The number of anilines is 1. The summed E-state index contributed by atoms with van der Waals surface area (Å²) in [6.45, 7) is 4.49. The predicted molar refractivity (Wildman–Crippen MR) is 108 cm³/mol. The Morgan fingerprint density at radius 2 is 1.60 bits per heavy atom. The van der Waals surface area contributed by atoms with Gasteiger partial charge in [-0.05, 0) is 18.2 Å². The minimum Gasteiger partial charge on any atom is -0.398 e. The van der Waals surface area contributed by atoms with E-state index in [-0.39, 0.29) is 0 Å². The van der Waals surface area contributed by atoms with Gasteiger partial charge in [-0.1, -0.05) is 76.3 Å². The average molecular weight is 339 g/mol. The highest BCUT2D eigenvalue weighted by Crippen LogP contribution is 2.17. The second kappa shape index (κ2) is 11.8. The topological polar surface area (TPSA) is 81.5 Å². The number of rotatable bonds is 7. The molecule has 4 heteroatoms. The highest BCUT2D eigenvalue weighted by Gasteiger charge is 2.07. The van der Waals surface area contributed by atoms with Crippen molar-refractivity contribution < 1.29 is 4.79 Å². The molecule has 25 heavy (non-hydrogen) atoms. The van der Waals surface area contributed by atoms with E-state index < -0.39 is 5.91 Å². The van der Waals surface area contributed by atoms with Crippen molar-refractivity contribution in [2.24, 2.45) is 10.7 Å². The van der Waals surface area contributed by atoms with Crippen LogP contribution < -0.4 is 11.5 Å². The second-order valence-corrected chi connectivity index (χ2v) is 5.83. The molecule has 0 bridgehead atoms. The number of para-hydroxylation sites is 2. The van der Waals surface area contributed by atoms with E-state index in [9.17, 15) is 4.79 Å². The lowest BCUT2D eigenvalue weighted by Crippen LogP contribution is -2.14. The first kappa shape index (κ1) is 20.4. The molecule has 2 aromatic rings. The molecule has 0 fully saturated rings. The molecule has 0 aliphatic carbocycles. The number of carbonyl (C=O) groups is 1. The van der Waals surface area contributed by atoms with E-state index in [4.69, 9.17) is 11.5 Å². The highest BCUT2D eigenvalue weighted by atomic mass is 16.1. The Bertz CT molecular complexity index is 662. The molecule has 4 nitrogen and oxygen atoms in total. The summed E-state index contributed by atoms with van der Waals surface area (Å²) in [5.41, 5.74) is 13.2. The number of carbonyl (C=O) groups excluding carboxylic acids is 1. The Kier molecular flexibility index (Phi) is 9.68. The molecule has 4 N–H and O–H groups in total. The number of unbranched alkanes of at least 4 members (excludes halogenated alkanes) is 4. The van der Waals surface area contributed by atoms with E-state index in [0.717, 1.165) is 5.69 Å². The number of benzene rings is 2. The zero-order valence-corrected chi connectivity index (χ0v) is 15.2. The fraction of sp³-hybridized carbons (Fsp3) is 0.333. The molecular weight excluding hydrogens is 310 g/mol. The van der Waals surface area contributed by atoms with Crippen molar-refractivity contribution in [2.45, 2.75) is 46.0 Å². The summed E-state index contributed by atoms with van der Waals surface area (Å²) >= 11 is 0. The van der Waals surface area contributed by atoms with Gasteiger partial charge in [-0.15, -0.1) is 0 Å². The van der Waals surface area contributed by atoms with Crippen LogP contribution in [0.1, 0.15) is 61.9 Å². The standard InChI is InChI=1S/C14H13N3O.C7H16/c15-13-10(5-4-8-12(13)14(16)18)9-17-11-6-2-1-3-7-11;1-3-5-7-6-4-2/h1-9H,15H2,(H2,16,18);3-7H2,1-2H3. The van der Waals surface area contributed by atoms with Gasteiger partial charge >= 0.3 is 0 Å². The zero-order chi connectivity index (χ0) is 18.5. The molecule has 0 aromatic heterocycles. The van der Waals surface area contributed by atoms with E-state index in [1.807, 2.05) is 30.3 Å². The van der Waals surface area contributed by atoms with Crippen LogP contribution in [0.3, 0.4) is 0 Å². The Labute approximate surface area is 151 Å². The van der Waals surface area contributed by atoms with Gasteiger partial charge in [-0.2, -0.15) is 0 Å². The SMILES string of the molecule is CCCCCCC.NC(=O)c1cccc(C=Nc2ccccc2)c1N. The third kappa shape index (κ3) is 7.66. The summed E-state index contributed by atoms with van der Waals surface area (Å²) in [7, 11) is 0. The summed E-state index contributed by atoms with van der Waals surface area (Å²) in [5, 5.41) is 0. The molecule has 0 aliphatic rings. The molecule has 2 aromatic carbocycles. The summed E-state index contributed by atoms with van der Waals surface area (Å²) in [6, 6.07) is 14.6. The van der Waals surface area contributed by atoms with E-state index >= 15 is 0 Å². The fourth-order valence-electron chi connectivity index (χ4n) is 2.25. The average Bonchev–Trinajstić information content (AvgIpc) is 2.62. The molecule has 1 amide bonds. The maximum atomic E-state index is 11.1. The molecule has 0 atom stereocenters. The number of aliphatic imine (C=N–C) groups is 1. The van der Waals surface area contributed by atoms with Crippen LogP contribution in [0.2, 0.25) is 0 Å². The van der Waals surface area contributed by atoms with Crippen molar-refractivity contribution in [1.82, 2.24) is 0 Å². The monoisotopic (exact) mass is 339 g/mol. The minimum atomic E-state index is -0.539. The first-order valence-corrected chi connectivity index (χ1v) is 8.87. The van der Waals surface area contributed by atoms with Gasteiger partial charge in [0.15, 0.2) is 0 Å². The van der Waals surface area contributed by atoms with Crippen molar-refractivity contribution in [3.05, 3.63) is 59.7 Å². The molecule has 0 aliphatic heterocycles. The summed E-state index contributed by atoms with van der Waals surface area (Å²) in [5.74, 6) is -0.539. The second-order valence-electron chi connectivity index (χ2n) is 5.83. The van der Waals surface area contributed by atoms with Crippen molar-refractivity contribution in [3.8, 4) is 0 Å². The van der Waals surface area contributed by atoms with E-state index in [1.54, 1.807) is 24.4 Å². The van der Waals surface area contributed by atoms with Crippen LogP contribution in [0.15, 0.2) is 53.5 Å². The van der Waals surface area contributed by atoms with E-state index in [2.05, 4.69) is 18.8 Å². The van der Waals surface area contributed by atoms with Crippen LogP contribution in [0.5, 0.6) is 0 Å². The first-order valence-electron chi connectivity index (χ1n) is 8.87. The first-order chi connectivity index (χ1) is 12.1. The number of primary amides is 1. The van der Waals surface area contributed by atoms with Gasteiger partial charge in [0.1, 0.15) is 0 Å². The van der Waals surface area contributed by atoms with Crippen LogP contribution in [-0.2, 0) is 0 Å². The van der Waals surface area contributed by atoms with Gasteiger partial charge in [-0.25, -0.2) is 0 Å². The van der Waals surface area contributed by atoms with Gasteiger partial charge in [0.2, 0.25) is 0 Å². The molecule has 0 saturated heterocycles. The summed E-state index contributed by atoms with van der Waals surface area (Å²) in [6.07, 6.45) is 8.63. The number of nitrogens with two attached hydrogens (primary N) is 2. The lowest BCUT2D eigenvalue weighted by Gasteiger charge is -2.04. The molecule has 0 heterocycles. The van der Waals surface area contributed by atoms with Crippen molar-refractivity contribution in [1.29, 1.82) is 0 Å². The number of nitrogen functional groups attached to an aromatic ring is 1. The number of hydrogen-bond acceptors (Lipinski definition) is 3. The minimum absolute atomic E-state index is 0.312. The number of hydrogen-bond donors (Lipinski definition) is 2. The van der Waals surface area contributed by atoms with Crippen LogP contribution in [0.4, 0.5) is 11.4 Å². The molecule has 134 valence electrons. The number of nitrogens with zero attached hydrogens (tertiary/aromatic N) is 1. The molecule has 0 unspecified atom stereocenters. The third-order valence-corrected chi connectivity index (χ3v) is 3.72. The summed E-state index contributed by atoms with van der Waals surface area (Å²) in [4.78, 5) is 15.4. The maximum Gasteiger partial charge on any atom is 0.250 e. The molecule has 0 radical (unpaired) electrons. The van der Waals surface area contributed by atoms with Gasteiger partial charge in [-0.3, -0.25) is 9.79 Å². The van der Waals surface area contributed by atoms with Crippen LogP contribution >= 0.6 is 0 Å². The van der Waals surface area contributed by atoms with Crippen LogP contribution in [0.25, 0.3) is 0 Å². The predicted octanol–water partition coefficient (Wildman–Crippen LogP) is 5.10. The lowest BCUT2D eigenvalue weighted by atomic mass is 10.1. The Hall–Kier alpha value is -2.62. The molecular formula is C21H29N3O. The van der Waals surface area contributed by atoms with Crippen LogP contribution in [0, 0.1) is 0 Å². The Balaban J connectivity index is 0.000000381. The normalized spacial score (nSPS) is 10.3. The fourth-order valence-corrected chi connectivity index (χ4v) is 2.25. The van der Waals surface area contributed by atoms with E-state index in [1.165, 1.54) is 32.1 Å². The number of amides is 1. The van der Waals surface area contributed by atoms with Gasteiger partial charge < -0.3 is 11.5 Å². The van der Waals surface area contributed by atoms with Gasteiger partial charge in [0.25, 0.3) is 5.91 Å². The smallest absolute Gasteiger partial charge is 0.250 e. The highest BCUT2D eigenvalue weighted by molar-refractivity contribution is 6.02.